The first kappa shape index (κ1) is 10.1. The molecule has 0 heterocycles. The van der Waals surface area contributed by atoms with Crippen LogP contribution >= 0.6 is 15.9 Å². The number of benzene rings is 1. The highest BCUT2D eigenvalue weighted by Gasteiger charge is 2.11. The van der Waals surface area contributed by atoms with Gasteiger partial charge in [0.05, 0.1) is 0 Å². The van der Waals surface area contributed by atoms with Crippen molar-refractivity contribution in [3.05, 3.63) is 28.7 Å². The Bertz CT molecular complexity index is 311. The fraction of sp³-hybridized carbons (Fsp3) is 0.222. The van der Waals surface area contributed by atoms with E-state index in [2.05, 4.69) is 15.9 Å². The molecule has 3 nitrogen and oxygen atoms in total. The number of carboxylic acids is 1. The van der Waals surface area contributed by atoms with Crippen LogP contribution in [-0.2, 0) is 4.79 Å². The molecule has 0 saturated heterocycles. The third-order valence-electron chi connectivity index (χ3n) is 1.46. The molecule has 1 aromatic carbocycles. The maximum Gasteiger partial charge on any atom is 0.344 e. The van der Waals surface area contributed by atoms with E-state index in [0.29, 0.717) is 5.75 Å². The van der Waals surface area contributed by atoms with Crippen molar-refractivity contribution < 1.29 is 14.6 Å². The second kappa shape index (κ2) is 4.28. The van der Waals surface area contributed by atoms with Crippen molar-refractivity contribution >= 4 is 21.9 Å². The maximum absolute atomic E-state index is 10.5. The fourth-order valence-electron chi connectivity index (χ4n) is 0.795. The zero-order valence-electron chi connectivity index (χ0n) is 7.03. The molecule has 0 amide bonds. The van der Waals surface area contributed by atoms with Gasteiger partial charge in [-0.05, 0) is 25.1 Å². The molecule has 0 aliphatic rings. The van der Waals surface area contributed by atoms with Crippen LogP contribution < -0.4 is 4.74 Å². The van der Waals surface area contributed by atoms with Gasteiger partial charge in [0, 0.05) is 4.47 Å². The van der Waals surface area contributed by atoms with Crippen LogP contribution in [0.2, 0.25) is 0 Å². The van der Waals surface area contributed by atoms with Crippen molar-refractivity contribution in [1.29, 1.82) is 0 Å². The van der Waals surface area contributed by atoms with Gasteiger partial charge in [-0.1, -0.05) is 22.0 Å². The monoisotopic (exact) mass is 244 g/mol. The summed E-state index contributed by atoms with van der Waals surface area (Å²) in [5.74, 6) is -0.427. The van der Waals surface area contributed by atoms with Gasteiger partial charge in [-0.15, -0.1) is 0 Å². The lowest BCUT2D eigenvalue weighted by atomic mass is 10.3. The zero-order chi connectivity index (χ0) is 9.84. The number of rotatable bonds is 3. The minimum Gasteiger partial charge on any atom is -0.479 e. The molecule has 0 bridgehead atoms. The number of halogens is 1. The molecule has 1 unspecified atom stereocenters. The molecule has 0 spiro atoms. The van der Waals surface area contributed by atoms with E-state index in [0.717, 1.165) is 4.47 Å². The molecule has 4 heteroatoms. The molecule has 1 rings (SSSR count). The first-order valence-electron chi connectivity index (χ1n) is 3.74. The molecule has 0 radical (unpaired) electrons. The summed E-state index contributed by atoms with van der Waals surface area (Å²) in [6.07, 6.45) is -0.825. The standard InChI is InChI=1S/C9H9BrO3/c1-6(9(11)12)13-8-4-2-3-7(10)5-8/h2-6H,1H3,(H,11,12). The smallest absolute Gasteiger partial charge is 0.344 e. The van der Waals surface area contributed by atoms with Gasteiger partial charge in [0.25, 0.3) is 0 Å². The zero-order valence-corrected chi connectivity index (χ0v) is 8.61. The van der Waals surface area contributed by atoms with E-state index >= 15 is 0 Å². The van der Waals surface area contributed by atoms with Crippen molar-refractivity contribution in [2.45, 2.75) is 13.0 Å². The molecule has 0 saturated carbocycles. The normalized spacial score (nSPS) is 12.2. The van der Waals surface area contributed by atoms with Crippen molar-refractivity contribution in [3.63, 3.8) is 0 Å². The van der Waals surface area contributed by atoms with E-state index in [4.69, 9.17) is 9.84 Å². The van der Waals surface area contributed by atoms with Gasteiger partial charge in [-0.3, -0.25) is 0 Å². The molecular weight excluding hydrogens is 236 g/mol. The maximum atomic E-state index is 10.5. The molecule has 13 heavy (non-hydrogen) atoms. The Kier molecular flexibility index (Phi) is 3.31. The number of aliphatic carboxylic acids is 1. The van der Waals surface area contributed by atoms with Crippen LogP contribution in [0.5, 0.6) is 5.75 Å². The Balaban J connectivity index is 2.69. The molecule has 1 atom stereocenters. The number of hydrogen-bond acceptors (Lipinski definition) is 2. The van der Waals surface area contributed by atoms with E-state index in [9.17, 15) is 4.79 Å². The topological polar surface area (TPSA) is 46.5 Å². The van der Waals surface area contributed by atoms with Crippen LogP contribution in [0.3, 0.4) is 0 Å². The van der Waals surface area contributed by atoms with Gasteiger partial charge in [0.15, 0.2) is 6.10 Å². The second-order valence-electron chi connectivity index (χ2n) is 2.56. The Hall–Kier alpha value is -1.03. The first-order valence-corrected chi connectivity index (χ1v) is 4.54. The van der Waals surface area contributed by atoms with Gasteiger partial charge >= 0.3 is 5.97 Å². The van der Waals surface area contributed by atoms with E-state index < -0.39 is 12.1 Å². The van der Waals surface area contributed by atoms with Crippen LogP contribution in [0.15, 0.2) is 28.7 Å². The quantitative estimate of drug-likeness (QED) is 0.888. The number of ether oxygens (including phenoxy) is 1. The van der Waals surface area contributed by atoms with Gasteiger partial charge in [0.1, 0.15) is 5.75 Å². The van der Waals surface area contributed by atoms with E-state index in [-0.39, 0.29) is 0 Å². The lowest BCUT2D eigenvalue weighted by Crippen LogP contribution is -2.22. The van der Waals surface area contributed by atoms with E-state index in [1.807, 2.05) is 6.07 Å². The summed E-state index contributed by atoms with van der Waals surface area (Å²) < 4.78 is 5.99. The SMILES string of the molecule is CC(Oc1cccc(Br)c1)C(=O)O. The predicted octanol–water partition coefficient (Wildman–Crippen LogP) is 2.30. The lowest BCUT2D eigenvalue weighted by molar-refractivity contribution is -0.144. The molecule has 1 aromatic rings. The molecule has 0 aliphatic carbocycles. The van der Waals surface area contributed by atoms with Crippen LogP contribution in [0, 0.1) is 0 Å². The summed E-state index contributed by atoms with van der Waals surface area (Å²) in [4.78, 5) is 10.5. The average molecular weight is 245 g/mol. The highest BCUT2D eigenvalue weighted by atomic mass is 79.9. The second-order valence-corrected chi connectivity index (χ2v) is 3.47. The highest BCUT2D eigenvalue weighted by Crippen LogP contribution is 2.18. The minimum absolute atomic E-state index is 0.546. The van der Waals surface area contributed by atoms with Gasteiger partial charge in [-0.25, -0.2) is 4.79 Å². The fourth-order valence-corrected chi connectivity index (χ4v) is 1.17. The van der Waals surface area contributed by atoms with Crippen molar-refractivity contribution in [1.82, 2.24) is 0 Å². The van der Waals surface area contributed by atoms with Crippen LogP contribution in [0.25, 0.3) is 0 Å². The molecule has 0 fully saturated rings. The average Bonchev–Trinajstić information content (AvgIpc) is 2.04. The Morgan fingerprint density at radius 2 is 2.31 bits per heavy atom. The first-order chi connectivity index (χ1) is 6.09. The summed E-state index contributed by atoms with van der Waals surface area (Å²) >= 11 is 3.26. The Morgan fingerprint density at radius 1 is 1.62 bits per heavy atom. The molecule has 1 N–H and O–H groups in total. The highest BCUT2D eigenvalue weighted by molar-refractivity contribution is 9.10. The Morgan fingerprint density at radius 3 is 2.85 bits per heavy atom. The molecule has 0 aliphatic heterocycles. The van der Waals surface area contributed by atoms with Crippen LogP contribution in [-0.4, -0.2) is 17.2 Å². The van der Waals surface area contributed by atoms with Gasteiger partial charge in [-0.2, -0.15) is 0 Å². The summed E-state index contributed by atoms with van der Waals surface area (Å²) in [6, 6.07) is 7.07. The number of hydrogen-bond donors (Lipinski definition) is 1. The van der Waals surface area contributed by atoms with Crippen LogP contribution in [0.4, 0.5) is 0 Å². The third-order valence-corrected chi connectivity index (χ3v) is 1.95. The largest absolute Gasteiger partial charge is 0.479 e. The van der Waals surface area contributed by atoms with Gasteiger partial charge in [0.2, 0.25) is 0 Å². The van der Waals surface area contributed by atoms with Crippen LogP contribution in [0.1, 0.15) is 6.92 Å². The van der Waals surface area contributed by atoms with Crippen molar-refractivity contribution in [2.75, 3.05) is 0 Å². The number of carbonyl (C=O) groups is 1. The molecule has 0 aromatic heterocycles. The number of carboxylic acid groups (broad SMARTS) is 1. The summed E-state index contributed by atoms with van der Waals surface area (Å²) in [6.45, 7) is 1.49. The lowest BCUT2D eigenvalue weighted by Gasteiger charge is -2.09. The van der Waals surface area contributed by atoms with Gasteiger partial charge < -0.3 is 9.84 Å². The van der Waals surface area contributed by atoms with Crippen molar-refractivity contribution in [2.24, 2.45) is 0 Å². The van der Waals surface area contributed by atoms with Crippen molar-refractivity contribution in [3.8, 4) is 5.75 Å². The Labute approximate surface area is 84.5 Å². The van der Waals surface area contributed by atoms with E-state index in [1.54, 1.807) is 18.2 Å². The van der Waals surface area contributed by atoms with E-state index in [1.165, 1.54) is 6.92 Å². The third kappa shape index (κ3) is 3.06. The molecule has 70 valence electrons. The summed E-state index contributed by atoms with van der Waals surface area (Å²) in [7, 11) is 0. The summed E-state index contributed by atoms with van der Waals surface area (Å²) in [5.41, 5.74) is 0. The summed E-state index contributed by atoms with van der Waals surface area (Å²) in [5, 5.41) is 8.58. The minimum atomic E-state index is -0.972. The predicted molar refractivity (Wildman–Crippen MR) is 51.9 cm³/mol. The molecular formula is C9H9BrO3.